The summed E-state index contributed by atoms with van der Waals surface area (Å²) in [6.07, 6.45) is -5.56. The molecule has 1 N–H and O–H groups in total. The molecule has 0 spiro atoms. The van der Waals surface area contributed by atoms with Gasteiger partial charge in [-0.15, -0.1) is 0 Å². The van der Waals surface area contributed by atoms with Crippen LogP contribution in [0.3, 0.4) is 0 Å². The second-order valence-electron chi connectivity index (χ2n) is 4.44. The number of alkyl halides is 1. The van der Waals surface area contributed by atoms with Crippen molar-refractivity contribution in [3.05, 3.63) is 0 Å². The van der Waals surface area contributed by atoms with Crippen molar-refractivity contribution < 1.29 is 38.4 Å². The second kappa shape index (κ2) is 7.90. The molecule has 5 atom stereocenters. The lowest BCUT2D eigenvalue weighted by Crippen LogP contribution is -2.61. The molecule has 1 aliphatic rings. The summed E-state index contributed by atoms with van der Waals surface area (Å²) in [4.78, 5) is 33.6. The van der Waals surface area contributed by atoms with Crippen LogP contribution in [-0.2, 0) is 33.3 Å². The van der Waals surface area contributed by atoms with Gasteiger partial charge in [-0.1, -0.05) is 22.6 Å². The molecule has 9 heteroatoms. The van der Waals surface area contributed by atoms with Crippen molar-refractivity contribution in [2.45, 2.75) is 51.5 Å². The molecule has 0 aromatic rings. The van der Waals surface area contributed by atoms with E-state index in [2.05, 4.69) is 0 Å². The first-order valence-corrected chi connectivity index (χ1v) is 7.70. The number of hydrogen-bond donors (Lipinski definition) is 1. The molecule has 1 heterocycles. The molecule has 0 aromatic carbocycles. The van der Waals surface area contributed by atoms with Gasteiger partial charge >= 0.3 is 17.9 Å². The van der Waals surface area contributed by atoms with Crippen LogP contribution in [0.25, 0.3) is 0 Å². The molecule has 0 saturated carbocycles. The zero-order chi connectivity index (χ0) is 16.2. The normalized spacial score (nSPS) is 32.1. The Bertz CT molecular complexity index is 412. The maximum Gasteiger partial charge on any atom is 0.303 e. The molecule has 120 valence electrons. The number of carbonyl (C=O) groups excluding carboxylic acids is 3. The Morgan fingerprint density at radius 3 is 1.81 bits per heavy atom. The number of aliphatic hydroxyl groups is 1. The van der Waals surface area contributed by atoms with Crippen molar-refractivity contribution in [2.75, 3.05) is 4.43 Å². The third-order valence-electron chi connectivity index (χ3n) is 2.67. The summed E-state index contributed by atoms with van der Waals surface area (Å²) in [5.41, 5.74) is 0. The Labute approximate surface area is 135 Å². The average Bonchev–Trinajstić information content (AvgIpc) is 2.35. The Morgan fingerprint density at radius 1 is 0.952 bits per heavy atom. The molecule has 8 nitrogen and oxygen atoms in total. The van der Waals surface area contributed by atoms with Gasteiger partial charge in [-0.05, 0) is 0 Å². The lowest BCUT2D eigenvalue weighted by Gasteiger charge is -2.42. The van der Waals surface area contributed by atoms with Crippen molar-refractivity contribution >= 4 is 40.5 Å². The van der Waals surface area contributed by atoms with Gasteiger partial charge in [-0.2, -0.15) is 0 Å². The lowest BCUT2D eigenvalue weighted by molar-refractivity contribution is -0.286. The van der Waals surface area contributed by atoms with E-state index in [1.54, 1.807) is 0 Å². The fraction of sp³-hybridized carbons (Fsp3) is 0.750. The maximum atomic E-state index is 11.2. The molecular weight excluding hydrogens is 399 g/mol. The molecule has 1 rings (SSSR count). The quantitative estimate of drug-likeness (QED) is 0.294. The minimum Gasteiger partial charge on any atom is -0.456 e. The Balaban J connectivity index is 3.08. The fourth-order valence-electron chi connectivity index (χ4n) is 2.00. The Hall–Kier alpha value is -0.940. The van der Waals surface area contributed by atoms with Crippen LogP contribution in [-0.4, -0.2) is 58.1 Å². The highest BCUT2D eigenvalue weighted by atomic mass is 127. The van der Waals surface area contributed by atoms with Crippen molar-refractivity contribution in [1.29, 1.82) is 0 Å². The standard InChI is InChI=1S/C12H17IO8/c1-5(14)18-9-8(4-13)21-12(17)11(20-7(3)16)10(9)19-6(2)15/h8-12,17H,4H2,1-3H3/t8-,9-,10+,11+,12-/m1/s1. The number of carbonyl (C=O) groups is 3. The van der Waals surface area contributed by atoms with E-state index in [4.69, 9.17) is 18.9 Å². The Morgan fingerprint density at radius 2 is 1.38 bits per heavy atom. The average molecular weight is 416 g/mol. The molecule has 0 amide bonds. The Kier molecular flexibility index (Phi) is 6.81. The van der Waals surface area contributed by atoms with Gasteiger partial charge in [0.05, 0.1) is 0 Å². The fourth-order valence-corrected chi connectivity index (χ4v) is 2.70. The smallest absolute Gasteiger partial charge is 0.303 e. The SMILES string of the molecule is CC(=O)O[C@@H]1[C@H](OC(C)=O)[C@H](O)O[C@H](CI)[C@H]1OC(C)=O. The topological polar surface area (TPSA) is 108 Å². The highest BCUT2D eigenvalue weighted by Crippen LogP contribution is 2.28. The van der Waals surface area contributed by atoms with E-state index in [0.29, 0.717) is 4.43 Å². The van der Waals surface area contributed by atoms with E-state index < -0.39 is 48.6 Å². The molecule has 0 bridgehead atoms. The predicted octanol–water partition coefficient (Wildman–Crippen LogP) is -0.0663. The van der Waals surface area contributed by atoms with E-state index in [0.717, 1.165) is 13.8 Å². The molecule has 1 saturated heterocycles. The number of aliphatic hydroxyl groups excluding tert-OH is 1. The third kappa shape index (κ3) is 5.08. The van der Waals surface area contributed by atoms with Gasteiger partial charge in [0.2, 0.25) is 0 Å². The largest absolute Gasteiger partial charge is 0.456 e. The van der Waals surface area contributed by atoms with Gasteiger partial charge in [-0.3, -0.25) is 14.4 Å². The molecule has 0 aliphatic carbocycles. The zero-order valence-electron chi connectivity index (χ0n) is 11.8. The molecule has 0 unspecified atom stereocenters. The van der Waals surface area contributed by atoms with Gasteiger partial charge in [0.1, 0.15) is 6.10 Å². The molecule has 1 aliphatic heterocycles. The number of halogens is 1. The minimum absolute atomic E-state index is 0.372. The van der Waals surface area contributed by atoms with Crippen molar-refractivity contribution in [3.63, 3.8) is 0 Å². The first-order valence-electron chi connectivity index (χ1n) is 6.17. The molecular formula is C12H17IO8. The first-order chi connectivity index (χ1) is 9.76. The van der Waals surface area contributed by atoms with Gasteiger partial charge in [0.15, 0.2) is 24.6 Å². The summed E-state index contributed by atoms with van der Waals surface area (Å²) < 4.78 is 20.8. The van der Waals surface area contributed by atoms with Gasteiger partial charge < -0.3 is 24.1 Å². The minimum atomic E-state index is -1.48. The third-order valence-corrected chi connectivity index (χ3v) is 3.54. The first kappa shape index (κ1) is 18.1. The van der Waals surface area contributed by atoms with Gasteiger partial charge in [0.25, 0.3) is 0 Å². The van der Waals surface area contributed by atoms with E-state index in [-0.39, 0.29) is 0 Å². The number of esters is 3. The van der Waals surface area contributed by atoms with E-state index in [9.17, 15) is 19.5 Å². The van der Waals surface area contributed by atoms with Gasteiger partial charge in [-0.25, -0.2) is 0 Å². The molecule has 0 aromatic heterocycles. The molecule has 21 heavy (non-hydrogen) atoms. The highest BCUT2D eigenvalue weighted by molar-refractivity contribution is 14.1. The van der Waals surface area contributed by atoms with Crippen LogP contribution in [0.4, 0.5) is 0 Å². The van der Waals surface area contributed by atoms with Crippen LogP contribution in [0.2, 0.25) is 0 Å². The summed E-state index contributed by atoms with van der Waals surface area (Å²) in [5, 5.41) is 9.92. The number of hydrogen-bond acceptors (Lipinski definition) is 8. The molecule has 0 radical (unpaired) electrons. The lowest BCUT2D eigenvalue weighted by atomic mass is 9.99. The van der Waals surface area contributed by atoms with Crippen molar-refractivity contribution in [3.8, 4) is 0 Å². The maximum absolute atomic E-state index is 11.2. The summed E-state index contributed by atoms with van der Waals surface area (Å²) in [5.74, 6) is -1.95. The second-order valence-corrected chi connectivity index (χ2v) is 5.32. The van der Waals surface area contributed by atoms with Crippen LogP contribution in [0.5, 0.6) is 0 Å². The van der Waals surface area contributed by atoms with Crippen LogP contribution < -0.4 is 0 Å². The summed E-state index contributed by atoms with van der Waals surface area (Å²) >= 11 is 1.98. The van der Waals surface area contributed by atoms with Crippen LogP contribution in [0.15, 0.2) is 0 Å². The van der Waals surface area contributed by atoms with Crippen LogP contribution in [0, 0.1) is 0 Å². The van der Waals surface area contributed by atoms with Crippen molar-refractivity contribution in [1.82, 2.24) is 0 Å². The van der Waals surface area contributed by atoms with Crippen molar-refractivity contribution in [2.24, 2.45) is 0 Å². The van der Waals surface area contributed by atoms with E-state index >= 15 is 0 Å². The van der Waals surface area contributed by atoms with E-state index in [1.165, 1.54) is 6.92 Å². The summed E-state index contributed by atoms with van der Waals surface area (Å²) in [6, 6.07) is 0. The van der Waals surface area contributed by atoms with Crippen LogP contribution >= 0.6 is 22.6 Å². The van der Waals surface area contributed by atoms with E-state index in [1.807, 2.05) is 22.6 Å². The molecule has 1 fully saturated rings. The van der Waals surface area contributed by atoms with Crippen LogP contribution in [0.1, 0.15) is 20.8 Å². The highest BCUT2D eigenvalue weighted by Gasteiger charge is 2.50. The monoisotopic (exact) mass is 416 g/mol. The summed E-state index contributed by atoms with van der Waals surface area (Å²) in [7, 11) is 0. The number of ether oxygens (including phenoxy) is 4. The zero-order valence-corrected chi connectivity index (χ0v) is 13.9. The predicted molar refractivity (Wildman–Crippen MR) is 76.4 cm³/mol. The van der Waals surface area contributed by atoms with Gasteiger partial charge in [0, 0.05) is 25.2 Å². The number of rotatable bonds is 4. The summed E-state index contributed by atoms with van der Waals surface area (Å²) in [6.45, 7) is 3.50.